The summed E-state index contributed by atoms with van der Waals surface area (Å²) in [4.78, 5) is 5.08. The predicted molar refractivity (Wildman–Crippen MR) is 109 cm³/mol. The Bertz CT molecular complexity index is 811. The third-order valence-electron chi connectivity index (χ3n) is 6.39. The molecule has 4 nitrogen and oxygen atoms in total. The molecule has 2 aliphatic rings. The Labute approximate surface area is 166 Å². The first kappa shape index (κ1) is 19.2. The third-order valence-corrected chi connectivity index (χ3v) is 6.39. The highest BCUT2D eigenvalue weighted by Crippen LogP contribution is 2.41. The van der Waals surface area contributed by atoms with Crippen molar-refractivity contribution in [3.63, 3.8) is 0 Å². The Hall–Kier alpha value is -2.11. The fourth-order valence-corrected chi connectivity index (χ4v) is 5.03. The van der Waals surface area contributed by atoms with Crippen molar-refractivity contribution in [3.8, 4) is 11.5 Å². The second-order valence-corrected chi connectivity index (χ2v) is 7.95. The molecule has 0 unspecified atom stereocenters. The molecule has 0 saturated carbocycles. The minimum Gasteiger partial charge on any atom is -0.497 e. The van der Waals surface area contributed by atoms with E-state index in [1.54, 1.807) is 26.4 Å². The van der Waals surface area contributed by atoms with Crippen LogP contribution in [0.3, 0.4) is 0 Å². The first-order valence-electron chi connectivity index (χ1n) is 10.0. The normalized spacial score (nSPS) is 25.5. The molecule has 5 heteroatoms. The van der Waals surface area contributed by atoms with Gasteiger partial charge in [0.05, 0.1) is 14.2 Å². The lowest BCUT2D eigenvalue weighted by atomic mass is 9.86. The van der Waals surface area contributed by atoms with Gasteiger partial charge in [0, 0.05) is 42.7 Å². The molecule has 2 aliphatic heterocycles. The van der Waals surface area contributed by atoms with E-state index >= 15 is 0 Å². The SMILES string of the molecule is COc1ccc(CN2C[C@H](c3ccc(F)cc3)[C@@H]3[C@H]2CCCN3C)c(OC)c1. The Morgan fingerprint density at radius 3 is 2.57 bits per heavy atom. The standard InChI is InChI=1S/C23H29FN2O2/c1-25-12-4-5-21-23(25)20(16-6-9-18(24)10-7-16)15-26(21)14-17-8-11-19(27-2)13-22(17)28-3/h6-11,13,20-21,23H,4-5,12,14-15H2,1-3H3/t20-,21-,23-/m1/s1. The molecule has 2 aromatic carbocycles. The largest absolute Gasteiger partial charge is 0.497 e. The van der Waals surface area contributed by atoms with E-state index < -0.39 is 0 Å². The van der Waals surface area contributed by atoms with E-state index in [-0.39, 0.29) is 5.82 Å². The van der Waals surface area contributed by atoms with E-state index in [1.807, 2.05) is 24.3 Å². The van der Waals surface area contributed by atoms with Gasteiger partial charge < -0.3 is 14.4 Å². The number of rotatable bonds is 5. The number of methoxy groups -OCH3 is 2. The van der Waals surface area contributed by atoms with Crippen LogP contribution in [-0.2, 0) is 6.54 Å². The molecule has 0 amide bonds. The highest BCUT2D eigenvalue weighted by Gasteiger charge is 2.45. The van der Waals surface area contributed by atoms with Gasteiger partial charge in [-0.15, -0.1) is 0 Å². The molecule has 3 atom stereocenters. The Balaban J connectivity index is 1.61. The number of ether oxygens (including phenoxy) is 2. The highest BCUT2D eigenvalue weighted by molar-refractivity contribution is 5.41. The van der Waals surface area contributed by atoms with Gasteiger partial charge in [0.2, 0.25) is 0 Å². The average Bonchev–Trinajstić information content (AvgIpc) is 3.08. The van der Waals surface area contributed by atoms with Crippen LogP contribution in [0.15, 0.2) is 42.5 Å². The summed E-state index contributed by atoms with van der Waals surface area (Å²) in [5.74, 6) is 1.89. The molecule has 2 saturated heterocycles. The molecule has 0 bridgehead atoms. The summed E-state index contributed by atoms with van der Waals surface area (Å²) in [6.07, 6.45) is 2.41. The van der Waals surface area contributed by atoms with Crippen LogP contribution in [0, 0.1) is 5.82 Å². The molecule has 0 aliphatic carbocycles. The zero-order valence-electron chi connectivity index (χ0n) is 16.9. The summed E-state index contributed by atoms with van der Waals surface area (Å²) in [5.41, 5.74) is 2.41. The van der Waals surface area contributed by atoms with Crippen LogP contribution in [0.1, 0.15) is 29.9 Å². The fraction of sp³-hybridized carbons (Fsp3) is 0.478. The van der Waals surface area contributed by atoms with Gasteiger partial charge in [0.15, 0.2) is 0 Å². The zero-order valence-corrected chi connectivity index (χ0v) is 16.9. The molecule has 2 heterocycles. The lowest BCUT2D eigenvalue weighted by Crippen LogP contribution is -2.49. The summed E-state index contributed by atoms with van der Waals surface area (Å²) in [5, 5.41) is 0. The average molecular weight is 384 g/mol. The molecule has 150 valence electrons. The van der Waals surface area contributed by atoms with Crippen molar-refractivity contribution in [3.05, 3.63) is 59.4 Å². The lowest BCUT2D eigenvalue weighted by molar-refractivity contribution is 0.108. The highest BCUT2D eigenvalue weighted by atomic mass is 19.1. The molecule has 0 N–H and O–H groups in total. The van der Waals surface area contributed by atoms with E-state index in [4.69, 9.17) is 9.47 Å². The van der Waals surface area contributed by atoms with Crippen LogP contribution >= 0.6 is 0 Å². The lowest BCUT2D eigenvalue weighted by Gasteiger charge is -2.39. The molecule has 0 spiro atoms. The third kappa shape index (κ3) is 3.61. The van der Waals surface area contributed by atoms with E-state index in [0.29, 0.717) is 18.0 Å². The first-order chi connectivity index (χ1) is 13.6. The molecule has 0 radical (unpaired) electrons. The van der Waals surface area contributed by atoms with Gasteiger partial charge in [-0.2, -0.15) is 0 Å². The van der Waals surface area contributed by atoms with Crippen molar-refractivity contribution in [2.24, 2.45) is 0 Å². The molecule has 4 rings (SSSR count). The summed E-state index contributed by atoms with van der Waals surface area (Å²) >= 11 is 0. The number of halogens is 1. The smallest absolute Gasteiger partial charge is 0.127 e. The Morgan fingerprint density at radius 2 is 1.86 bits per heavy atom. The van der Waals surface area contributed by atoms with Crippen LogP contribution < -0.4 is 9.47 Å². The van der Waals surface area contributed by atoms with Crippen molar-refractivity contribution in [2.45, 2.75) is 37.4 Å². The summed E-state index contributed by atoms with van der Waals surface area (Å²) in [7, 11) is 5.61. The number of likely N-dealkylation sites (N-methyl/N-ethyl adjacent to an activating group) is 1. The second kappa shape index (κ2) is 8.10. The van der Waals surface area contributed by atoms with E-state index in [9.17, 15) is 4.39 Å². The number of benzene rings is 2. The van der Waals surface area contributed by atoms with Gasteiger partial charge in [0.1, 0.15) is 17.3 Å². The Morgan fingerprint density at radius 1 is 1.07 bits per heavy atom. The van der Waals surface area contributed by atoms with Gasteiger partial charge in [0.25, 0.3) is 0 Å². The second-order valence-electron chi connectivity index (χ2n) is 7.95. The van der Waals surface area contributed by atoms with Gasteiger partial charge >= 0.3 is 0 Å². The molecule has 0 aromatic heterocycles. The number of fused-ring (bicyclic) bond motifs is 1. The van der Waals surface area contributed by atoms with E-state index in [2.05, 4.69) is 22.9 Å². The molecular formula is C23H29FN2O2. The number of piperidine rings is 1. The van der Waals surface area contributed by atoms with E-state index in [1.165, 1.54) is 24.0 Å². The van der Waals surface area contributed by atoms with Crippen molar-refractivity contribution < 1.29 is 13.9 Å². The maximum Gasteiger partial charge on any atom is 0.127 e. The first-order valence-corrected chi connectivity index (χ1v) is 10.0. The quantitative estimate of drug-likeness (QED) is 0.781. The molecular weight excluding hydrogens is 355 g/mol. The van der Waals surface area contributed by atoms with Crippen LogP contribution in [-0.4, -0.2) is 56.2 Å². The maximum atomic E-state index is 13.4. The fourth-order valence-electron chi connectivity index (χ4n) is 5.03. The van der Waals surface area contributed by atoms with Crippen molar-refractivity contribution in [1.29, 1.82) is 0 Å². The van der Waals surface area contributed by atoms with Crippen molar-refractivity contribution >= 4 is 0 Å². The van der Waals surface area contributed by atoms with Gasteiger partial charge in [-0.05, 0) is 50.2 Å². The maximum absolute atomic E-state index is 13.4. The van der Waals surface area contributed by atoms with Crippen LogP contribution in [0.4, 0.5) is 4.39 Å². The predicted octanol–water partition coefficient (Wildman–Crippen LogP) is 3.91. The van der Waals surface area contributed by atoms with Gasteiger partial charge in [-0.3, -0.25) is 4.90 Å². The molecule has 2 aromatic rings. The topological polar surface area (TPSA) is 24.9 Å². The molecule has 2 fully saturated rings. The number of hydrogen-bond acceptors (Lipinski definition) is 4. The summed E-state index contributed by atoms with van der Waals surface area (Å²) in [6.45, 7) is 2.94. The minimum absolute atomic E-state index is 0.171. The monoisotopic (exact) mass is 384 g/mol. The minimum atomic E-state index is -0.171. The van der Waals surface area contributed by atoms with Crippen LogP contribution in [0.2, 0.25) is 0 Å². The molecule has 28 heavy (non-hydrogen) atoms. The van der Waals surface area contributed by atoms with Crippen LogP contribution in [0.25, 0.3) is 0 Å². The Kier molecular flexibility index (Phi) is 5.56. The number of hydrogen-bond donors (Lipinski definition) is 0. The summed E-state index contributed by atoms with van der Waals surface area (Å²) in [6, 6.07) is 14.1. The number of nitrogens with zero attached hydrogens (tertiary/aromatic N) is 2. The zero-order chi connectivity index (χ0) is 19.7. The van der Waals surface area contributed by atoms with Crippen molar-refractivity contribution in [1.82, 2.24) is 9.80 Å². The van der Waals surface area contributed by atoms with Crippen molar-refractivity contribution in [2.75, 3.05) is 34.4 Å². The van der Waals surface area contributed by atoms with E-state index in [0.717, 1.165) is 31.1 Å². The van der Waals surface area contributed by atoms with Crippen LogP contribution in [0.5, 0.6) is 11.5 Å². The van der Waals surface area contributed by atoms with Gasteiger partial charge in [-0.1, -0.05) is 18.2 Å². The van der Waals surface area contributed by atoms with Gasteiger partial charge in [-0.25, -0.2) is 4.39 Å². The number of likely N-dealkylation sites (tertiary alicyclic amines) is 2. The summed E-state index contributed by atoms with van der Waals surface area (Å²) < 4.78 is 24.4.